The smallest absolute Gasteiger partial charge is 0.330 e. The van der Waals surface area contributed by atoms with E-state index in [0.717, 1.165) is 17.7 Å². The number of hydrogen-bond acceptors (Lipinski definition) is 5. The lowest BCUT2D eigenvalue weighted by atomic mass is 10.2. The molecule has 0 aliphatic carbocycles. The van der Waals surface area contributed by atoms with Gasteiger partial charge in [0, 0.05) is 23.6 Å². The van der Waals surface area contributed by atoms with Crippen molar-refractivity contribution in [2.24, 2.45) is 0 Å². The molecule has 2 heterocycles. The summed E-state index contributed by atoms with van der Waals surface area (Å²) in [5, 5.41) is 11.8. The van der Waals surface area contributed by atoms with E-state index in [9.17, 15) is 13.2 Å². The fraction of sp³-hybridized carbons (Fsp3) is 0.0714. The molecule has 0 aliphatic heterocycles. The van der Waals surface area contributed by atoms with Crippen molar-refractivity contribution in [1.29, 1.82) is 0 Å². The maximum Gasteiger partial charge on any atom is 0.416 e. The van der Waals surface area contributed by atoms with E-state index in [-0.39, 0.29) is 0 Å². The number of rotatable bonds is 3. The van der Waals surface area contributed by atoms with Gasteiger partial charge in [-0.25, -0.2) is 0 Å². The van der Waals surface area contributed by atoms with Crippen LogP contribution in [0.25, 0.3) is 10.6 Å². The highest BCUT2D eigenvalue weighted by molar-refractivity contribution is 7.18. The molecule has 0 atom stereocenters. The molecule has 4 nitrogen and oxygen atoms in total. The normalized spacial score (nSPS) is 11.4. The molecule has 0 spiro atoms. The highest BCUT2D eigenvalue weighted by atomic mass is 32.1. The van der Waals surface area contributed by atoms with Gasteiger partial charge >= 0.3 is 6.18 Å². The summed E-state index contributed by atoms with van der Waals surface area (Å²) in [6, 6.07) is 8.55. The van der Waals surface area contributed by atoms with Crippen molar-refractivity contribution in [3.63, 3.8) is 0 Å². The number of nitrogens with zero attached hydrogens (tertiary/aromatic N) is 3. The summed E-state index contributed by atoms with van der Waals surface area (Å²) < 4.78 is 38.0. The molecule has 0 bridgehead atoms. The highest BCUT2D eigenvalue weighted by Gasteiger charge is 2.30. The van der Waals surface area contributed by atoms with Crippen molar-refractivity contribution in [2.75, 3.05) is 5.32 Å². The van der Waals surface area contributed by atoms with Crippen molar-refractivity contribution < 1.29 is 13.2 Å². The average Bonchev–Trinajstić information content (AvgIpc) is 2.96. The van der Waals surface area contributed by atoms with E-state index < -0.39 is 11.7 Å². The molecule has 1 N–H and O–H groups in total. The lowest BCUT2D eigenvalue weighted by Gasteiger charge is -2.08. The largest absolute Gasteiger partial charge is 0.416 e. The molecule has 3 aromatic rings. The van der Waals surface area contributed by atoms with Crippen LogP contribution in [0.3, 0.4) is 0 Å². The van der Waals surface area contributed by atoms with Crippen LogP contribution in [0.5, 0.6) is 0 Å². The molecule has 1 aromatic carbocycles. The molecule has 8 heteroatoms. The molecule has 0 amide bonds. The van der Waals surface area contributed by atoms with E-state index in [1.165, 1.54) is 17.4 Å². The van der Waals surface area contributed by atoms with Gasteiger partial charge < -0.3 is 5.32 Å². The quantitative estimate of drug-likeness (QED) is 0.778. The molecule has 0 saturated heterocycles. The summed E-state index contributed by atoms with van der Waals surface area (Å²) in [7, 11) is 0. The number of aromatic nitrogens is 3. The van der Waals surface area contributed by atoms with Gasteiger partial charge in [0.15, 0.2) is 5.01 Å². The van der Waals surface area contributed by atoms with Crippen LogP contribution < -0.4 is 5.32 Å². The Morgan fingerprint density at radius 1 is 1.05 bits per heavy atom. The third-order valence-electron chi connectivity index (χ3n) is 2.77. The van der Waals surface area contributed by atoms with Gasteiger partial charge in [-0.1, -0.05) is 17.4 Å². The number of benzene rings is 1. The molecule has 0 unspecified atom stereocenters. The monoisotopic (exact) mass is 322 g/mol. The molecule has 112 valence electrons. The van der Waals surface area contributed by atoms with E-state index >= 15 is 0 Å². The van der Waals surface area contributed by atoms with Crippen molar-refractivity contribution in [1.82, 2.24) is 15.2 Å². The highest BCUT2D eigenvalue weighted by Crippen LogP contribution is 2.32. The van der Waals surface area contributed by atoms with Crippen molar-refractivity contribution in [3.05, 3.63) is 54.4 Å². The number of nitrogens with one attached hydrogen (secondary N) is 1. The Hall–Kier alpha value is -2.48. The van der Waals surface area contributed by atoms with Crippen LogP contribution in [-0.2, 0) is 6.18 Å². The van der Waals surface area contributed by atoms with E-state index in [2.05, 4.69) is 20.5 Å². The summed E-state index contributed by atoms with van der Waals surface area (Å²) in [6.07, 6.45) is -1.08. The third kappa shape index (κ3) is 3.22. The fourth-order valence-electron chi connectivity index (χ4n) is 1.78. The second-order valence-electron chi connectivity index (χ2n) is 4.36. The second kappa shape index (κ2) is 5.72. The minimum Gasteiger partial charge on any atom is -0.330 e. The maximum absolute atomic E-state index is 12.7. The van der Waals surface area contributed by atoms with Crippen LogP contribution in [0, 0.1) is 0 Å². The van der Waals surface area contributed by atoms with Crippen molar-refractivity contribution in [2.45, 2.75) is 6.18 Å². The van der Waals surface area contributed by atoms with Gasteiger partial charge in [0.25, 0.3) is 0 Å². The maximum atomic E-state index is 12.7. The summed E-state index contributed by atoms with van der Waals surface area (Å²) in [6.45, 7) is 0. The molecule has 2 aromatic heterocycles. The van der Waals surface area contributed by atoms with Crippen LogP contribution in [0.15, 0.2) is 48.8 Å². The van der Waals surface area contributed by atoms with Crippen LogP contribution in [0.4, 0.5) is 24.0 Å². The fourth-order valence-corrected chi connectivity index (χ4v) is 2.53. The standard InChI is InChI=1S/C14H9F3N4S/c15-14(16,17)10-4-1-5-11(7-10)19-13-21-20-12(22-13)9-3-2-6-18-8-9/h1-8H,(H,19,21). The minimum absolute atomic E-state index is 0.309. The van der Waals surface area contributed by atoms with Gasteiger partial charge in [0.2, 0.25) is 5.13 Å². The van der Waals surface area contributed by atoms with Gasteiger partial charge in [-0.15, -0.1) is 10.2 Å². The van der Waals surface area contributed by atoms with E-state index in [1.807, 2.05) is 6.07 Å². The molecule has 3 rings (SSSR count). The Bertz CT molecular complexity index is 771. The number of halogens is 3. The molecule has 0 saturated carbocycles. The van der Waals surface area contributed by atoms with Gasteiger partial charge in [-0.2, -0.15) is 13.2 Å². The molecular formula is C14H9F3N4S. The van der Waals surface area contributed by atoms with Gasteiger partial charge in [0.05, 0.1) is 5.56 Å². The van der Waals surface area contributed by atoms with Crippen LogP contribution in [0.1, 0.15) is 5.56 Å². The Balaban J connectivity index is 1.81. The molecule has 0 fully saturated rings. The Morgan fingerprint density at radius 2 is 1.91 bits per heavy atom. The predicted octanol–water partition coefficient (Wildman–Crippen LogP) is 4.36. The predicted molar refractivity (Wildman–Crippen MR) is 77.9 cm³/mol. The zero-order valence-corrected chi connectivity index (χ0v) is 11.8. The number of pyridine rings is 1. The van der Waals surface area contributed by atoms with Gasteiger partial charge in [-0.05, 0) is 30.3 Å². The topological polar surface area (TPSA) is 50.7 Å². The van der Waals surface area contributed by atoms with Gasteiger partial charge in [-0.3, -0.25) is 4.98 Å². The second-order valence-corrected chi connectivity index (χ2v) is 5.34. The van der Waals surface area contributed by atoms with Crippen molar-refractivity contribution >= 4 is 22.2 Å². The first kappa shape index (κ1) is 14.5. The van der Waals surface area contributed by atoms with E-state index in [0.29, 0.717) is 15.8 Å². The first-order chi connectivity index (χ1) is 10.5. The van der Waals surface area contributed by atoms with Crippen LogP contribution >= 0.6 is 11.3 Å². The summed E-state index contributed by atoms with van der Waals surface area (Å²) in [4.78, 5) is 3.99. The summed E-state index contributed by atoms with van der Waals surface area (Å²) >= 11 is 1.24. The Kier molecular flexibility index (Phi) is 3.76. The number of alkyl halides is 3. The summed E-state index contributed by atoms with van der Waals surface area (Å²) in [5.41, 5.74) is 0.398. The average molecular weight is 322 g/mol. The van der Waals surface area contributed by atoms with E-state index in [1.54, 1.807) is 24.5 Å². The minimum atomic E-state index is -4.38. The molecule has 22 heavy (non-hydrogen) atoms. The van der Waals surface area contributed by atoms with Gasteiger partial charge in [0.1, 0.15) is 0 Å². The zero-order valence-electron chi connectivity index (χ0n) is 11.0. The Morgan fingerprint density at radius 3 is 2.64 bits per heavy atom. The lowest BCUT2D eigenvalue weighted by molar-refractivity contribution is -0.137. The molecule has 0 radical (unpaired) electrons. The Labute approximate surface area is 127 Å². The lowest BCUT2D eigenvalue weighted by Crippen LogP contribution is -2.05. The first-order valence-electron chi connectivity index (χ1n) is 6.20. The van der Waals surface area contributed by atoms with E-state index in [4.69, 9.17) is 0 Å². The number of anilines is 2. The molecular weight excluding hydrogens is 313 g/mol. The first-order valence-corrected chi connectivity index (χ1v) is 7.02. The zero-order chi connectivity index (χ0) is 15.6. The van der Waals surface area contributed by atoms with Crippen molar-refractivity contribution in [3.8, 4) is 10.6 Å². The SMILES string of the molecule is FC(F)(F)c1cccc(Nc2nnc(-c3cccnc3)s2)c1. The summed E-state index contributed by atoms with van der Waals surface area (Å²) in [5.74, 6) is 0. The molecule has 0 aliphatic rings. The van der Waals surface area contributed by atoms with Crippen LogP contribution in [0.2, 0.25) is 0 Å². The van der Waals surface area contributed by atoms with Crippen LogP contribution in [-0.4, -0.2) is 15.2 Å². The number of hydrogen-bond donors (Lipinski definition) is 1. The third-order valence-corrected chi connectivity index (χ3v) is 3.66.